The van der Waals surface area contributed by atoms with Gasteiger partial charge in [-0.05, 0) is 84.9 Å². The molecule has 0 atom stereocenters. The van der Waals surface area contributed by atoms with Crippen LogP contribution < -0.4 is 10.1 Å². The third-order valence-electron chi connectivity index (χ3n) is 6.73. The maximum atomic E-state index is 9.72. The molecule has 3 aromatic rings. The molecular weight excluding hydrogens is 424 g/mol. The zero-order chi connectivity index (χ0) is 23.2. The summed E-state index contributed by atoms with van der Waals surface area (Å²) in [6.45, 7) is 3.57. The van der Waals surface area contributed by atoms with Crippen LogP contribution in [-0.4, -0.2) is 42.4 Å². The Kier molecular flexibility index (Phi) is 7.13. The lowest BCUT2D eigenvalue weighted by Gasteiger charge is -2.24. The molecule has 6 heteroatoms. The number of nitrogens with one attached hydrogen (secondary N) is 1. The van der Waals surface area contributed by atoms with Gasteiger partial charge in [0, 0.05) is 43.0 Å². The van der Waals surface area contributed by atoms with Crippen LogP contribution in [0.3, 0.4) is 0 Å². The van der Waals surface area contributed by atoms with E-state index in [0.717, 1.165) is 48.4 Å². The molecule has 2 aliphatic heterocycles. The zero-order valence-electron chi connectivity index (χ0n) is 19.4. The van der Waals surface area contributed by atoms with Gasteiger partial charge in [0.05, 0.1) is 18.8 Å². The predicted molar refractivity (Wildman–Crippen MR) is 131 cm³/mol. The van der Waals surface area contributed by atoms with Gasteiger partial charge in [0.25, 0.3) is 0 Å². The van der Waals surface area contributed by atoms with E-state index in [2.05, 4.69) is 39.6 Å². The Labute approximate surface area is 201 Å². The topological polar surface area (TPSA) is 80.1 Å². The van der Waals surface area contributed by atoms with Crippen molar-refractivity contribution in [3.63, 3.8) is 0 Å². The van der Waals surface area contributed by atoms with Crippen molar-refractivity contribution in [1.29, 1.82) is 5.26 Å². The molecule has 1 aromatic carbocycles. The van der Waals surface area contributed by atoms with Gasteiger partial charge in [-0.15, -0.1) is 0 Å². The minimum absolute atomic E-state index is 0.104. The van der Waals surface area contributed by atoms with Crippen LogP contribution in [-0.2, 0) is 11.2 Å². The highest BCUT2D eigenvalue weighted by atomic mass is 16.5. The maximum absolute atomic E-state index is 9.72. The van der Waals surface area contributed by atoms with Crippen molar-refractivity contribution in [2.45, 2.75) is 44.1 Å². The zero-order valence-corrected chi connectivity index (χ0v) is 19.4. The standard InChI is InChI=1S/C28H30N4O2/c29-19-24-15-21(1-2-28(24)34-27-7-13-33-14-8-27)23-6-12-32-26(17-23)18-25-16-22(5-11-31-25)20-3-9-30-10-4-20/h1-2,5-6,11-12,15-17,20,27,30H,3-4,7-10,13-14,18H2. The van der Waals surface area contributed by atoms with Gasteiger partial charge in [-0.2, -0.15) is 5.26 Å². The third kappa shape index (κ3) is 5.44. The molecule has 4 heterocycles. The second-order valence-electron chi connectivity index (χ2n) is 9.07. The summed E-state index contributed by atoms with van der Waals surface area (Å²) in [6, 6.07) is 16.6. The Morgan fingerprint density at radius 3 is 2.44 bits per heavy atom. The van der Waals surface area contributed by atoms with Gasteiger partial charge < -0.3 is 14.8 Å². The maximum Gasteiger partial charge on any atom is 0.137 e. The number of hydrogen-bond acceptors (Lipinski definition) is 6. The Morgan fingerprint density at radius 2 is 1.65 bits per heavy atom. The number of benzene rings is 1. The predicted octanol–water partition coefficient (Wildman–Crippen LogP) is 4.63. The average Bonchev–Trinajstić information content (AvgIpc) is 2.90. The number of hydrogen-bond donors (Lipinski definition) is 1. The monoisotopic (exact) mass is 454 g/mol. The van der Waals surface area contributed by atoms with Crippen molar-refractivity contribution in [2.75, 3.05) is 26.3 Å². The number of piperidine rings is 1. The Balaban J connectivity index is 1.32. The van der Waals surface area contributed by atoms with E-state index in [4.69, 9.17) is 9.47 Å². The van der Waals surface area contributed by atoms with Crippen LogP contribution in [0.1, 0.15) is 54.1 Å². The molecule has 0 aliphatic carbocycles. The molecule has 2 aromatic heterocycles. The van der Waals surface area contributed by atoms with Crippen LogP contribution in [0, 0.1) is 11.3 Å². The first-order chi connectivity index (χ1) is 16.8. The minimum atomic E-state index is 0.104. The second-order valence-corrected chi connectivity index (χ2v) is 9.07. The number of nitriles is 1. The first-order valence-corrected chi connectivity index (χ1v) is 12.2. The fourth-order valence-electron chi connectivity index (χ4n) is 4.82. The second kappa shape index (κ2) is 10.8. The van der Waals surface area contributed by atoms with Crippen LogP contribution in [0.25, 0.3) is 11.1 Å². The summed E-state index contributed by atoms with van der Waals surface area (Å²) >= 11 is 0. The van der Waals surface area contributed by atoms with Crippen molar-refractivity contribution >= 4 is 0 Å². The van der Waals surface area contributed by atoms with Crippen LogP contribution in [0.2, 0.25) is 0 Å². The van der Waals surface area contributed by atoms with E-state index < -0.39 is 0 Å². The van der Waals surface area contributed by atoms with E-state index in [9.17, 15) is 5.26 Å². The summed E-state index contributed by atoms with van der Waals surface area (Å²) < 4.78 is 11.5. The molecule has 5 rings (SSSR count). The van der Waals surface area contributed by atoms with Gasteiger partial charge in [0.1, 0.15) is 17.9 Å². The van der Waals surface area contributed by atoms with E-state index in [-0.39, 0.29) is 6.10 Å². The average molecular weight is 455 g/mol. The fourth-order valence-corrected chi connectivity index (χ4v) is 4.82. The van der Waals surface area contributed by atoms with Crippen LogP contribution in [0.15, 0.2) is 54.9 Å². The number of rotatable bonds is 6. The molecule has 0 unspecified atom stereocenters. The molecule has 0 radical (unpaired) electrons. The Hall–Kier alpha value is -3.27. The summed E-state index contributed by atoms with van der Waals surface area (Å²) in [5.74, 6) is 1.25. The molecule has 0 bridgehead atoms. The summed E-state index contributed by atoms with van der Waals surface area (Å²) in [7, 11) is 0. The number of pyridine rings is 2. The molecule has 0 amide bonds. The lowest BCUT2D eigenvalue weighted by molar-refractivity contribution is 0.0254. The van der Waals surface area contributed by atoms with Gasteiger partial charge in [-0.1, -0.05) is 6.07 Å². The van der Waals surface area contributed by atoms with Gasteiger partial charge >= 0.3 is 0 Å². The molecule has 6 nitrogen and oxygen atoms in total. The van der Waals surface area contributed by atoms with E-state index in [1.807, 2.05) is 36.7 Å². The molecule has 1 N–H and O–H groups in total. The first-order valence-electron chi connectivity index (χ1n) is 12.2. The highest BCUT2D eigenvalue weighted by Gasteiger charge is 2.18. The molecule has 0 saturated carbocycles. The number of aromatic nitrogens is 2. The molecule has 2 saturated heterocycles. The lowest BCUT2D eigenvalue weighted by Crippen LogP contribution is -2.26. The quantitative estimate of drug-likeness (QED) is 0.585. The molecule has 174 valence electrons. The number of ether oxygens (including phenoxy) is 2. The summed E-state index contributed by atoms with van der Waals surface area (Å²) in [5.41, 5.74) is 5.96. The first kappa shape index (κ1) is 22.5. The van der Waals surface area contributed by atoms with Gasteiger partial charge in [0.15, 0.2) is 0 Å². The van der Waals surface area contributed by atoms with E-state index in [1.165, 1.54) is 18.4 Å². The largest absolute Gasteiger partial charge is 0.489 e. The molecule has 34 heavy (non-hydrogen) atoms. The minimum Gasteiger partial charge on any atom is -0.489 e. The van der Waals surface area contributed by atoms with E-state index in [1.54, 1.807) is 0 Å². The van der Waals surface area contributed by atoms with Crippen molar-refractivity contribution < 1.29 is 9.47 Å². The highest BCUT2D eigenvalue weighted by molar-refractivity contribution is 5.67. The van der Waals surface area contributed by atoms with Crippen molar-refractivity contribution in [3.8, 4) is 22.9 Å². The van der Waals surface area contributed by atoms with Gasteiger partial charge in [0.2, 0.25) is 0 Å². The molecule has 0 spiro atoms. The Bertz CT molecular complexity index is 1160. The smallest absolute Gasteiger partial charge is 0.137 e. The summed E-state index contributed by atoms with van der Waals surface area (Å²) in [5, 5.41) is 13.2. The van der Waals surface area contributed by atoms with E-state index in [0.29, 0.717) is 36.9 Å². The van der Waals surface area contributed by atoms with Crippen molar-refractivity contribution in [3.05, 3.63) is 77.4 Å². The van der Waals surface area contributed by atoms with Crippen LogP contribution in [0.5, 0.6) is 5.75 Å². The molecular formula is C28H30N4O2. The van der Waals surface area contributed by atoms with Crippen molar-refractivity contribution in [2.24, 2.45) is 0 Å². The van der Waals surface area contributed by atoms with E-state index >= 15 is 0 Å². The normalized spacial score (nSPS) is 17.3. The summed E-state index contributed by atoms with van der Waals surface area (Å²) in [4.78, 5) is 9.19. The van der Waals surface area contributed by atoms with Gasteiger partial charge in [-0.25, -0.2) is 0 Å². The lowest BCUT2D eigenvalue weighted by atomic mass is 9.90. The number of nitrogens with zero attached hydrogens (tertiary/aromatic N) is 3. The van der Waals surface area contributed by atoms with Crippen molar-refractivity contribution in [1.82, 2.24) is 15.3 Å². The van der Waals surface area contributed by atoms with Crippen LogP contribution in [0.4, 0.5) is 0 Å². The Morgan fingerprint density at radius 1 is 0.912 bits per heavy atom. The van der Waals surface area contributed by atoms with Gasteiger partial charge in [-0.3, -0.25) is 9.97 Å². The summed E-state index contributed by atoms with van der Waals surface area (Å²) in [6.07, 6.45) is 8.60. The van der Waals surface area contributed by atoms with Crippen LogP contribution >= 0.6 is 0 Å². The third-order valence-corrected chi connectivity index (χ3v) is 6.73. The fraction of sp³-hybridized carbons (Fsp3) is 0.393. The SMILES string of the molecule is N#Cc1cc(-c2ccnc(Cc3cc(C4CCNCC4)ccn3)c2)ccc1OC1CCOCC1. The molecule has 2 fully saturated rings. The highest BCUT2D eigenvalue weighted by Crippen LogP contribution is 2.29. The molecule has 2 aliphatic rings.